The average Bonchev–Trinajstić information content (AvgIpc) is 2.60. The van der Waals surface area contributed by atoms with Crippen LogP contribution in [0.4, 0.5) is 5.95 Å². The van der Waals surface area contributed by atoms with Gasteiger partial charge in [0.25, 0.3) is 5.91 Å². The Balaban J connectivity index is 1.98. The fraction of sp³-hybridized carbons (Fsp3) is 0.353. The summed E-state index contributed by atoms with van der Waals surface area (Å²) >= 11 is 0. The Hall–Kier alpha value is -2.63. The molecule has 1 aromatic heterocycles. The minimum atomic E-state index is -0.179. The van der Waals surface area contributed by atoms with Crippen LogP contribution in [0.2, 0.25) is 0 Å². The number of rotatable bonds is 8. The van der Waals surface area contributed by atoms with Gasteiger partial charge in [0.1, 0.15) is 11.4 Å². The number of carbonyl (C=O) groups is 1. The van der Waals surface area contributed by atoms with Crippen molar-refractivity contribution in [3.8, 4) is 5.75 Å². The standard InChI is InChI=1S/C17H22N4O2/c1-3-4-10-18-16(22)14-9-11-19-17(21-14)20-12-13-7-5-6-8-15(13)23-2/h5-9,11H,3-4,10,12H2,1-2H3,(H,18,22)(H,19,20,21). The number of aromatic nitrogens is 2. The number of nitrogens with zero attached hydrogens (tertiary/aromatic N) is 2. The maximum atomic E-state index is 12.0. The third-order valence-electron chi connectivity index (χ3n) is 3.33. The number of benzene rings is 1. The Morgan fingerprint density at radius 1 is 1.26 bits per heavy atom. The summed E-state index contributed by atoms with van der Waals surface area (Å²) in [5, 5.41) is 5.96. The van der Waals surface area contributed by atoms with E-state index in [9.17, 15) is 4.79 Å². The van der Waals surface area contributed by atoms with Crippen LogP contribution >= 0.6 is 0 Å². The fourth-order valence-electron chi connectivity index (χ4n) is 2.06. The van der Waals surface area contributed by atoms with Crippen LogP contribution in [0.15, 0.2) is 36.5 Å². The number of carbonyl (C=O) groups excluding carboxylic acids is 1. The lowest BCUT2D eigenvalue weighted by Gasteiger charge is -2.10. The van der Waals surface area contributed by atoms with E-state index in [-0.39, 0.29) is 5.91 Å². The molecule has 0 radical (unpaired) electrons. The lowest BCUT2D eigenvalue weighted by molar-refractivity contribution is 0.0948. The number of hydrogen-bond acceptors (Lipinski definition) is 5. The number of nitrogens with one attached hydrogen (secondary N) is 2. The van der Waals surface area contributed by atoms with Crippen LogP contribution < -0.4 is 15.4 Å². The quantitative estimate of drug-likeness (QED) is 0.733. The first kappa shape index (κ1) is 16.7. The molecule has 0 fully saturated rings. The molecule has 1 aromatic carbocycles. The molecule has 2 aromatic rings. The number of hydrogen-bond donors (Lipinski definition) is 2. The van der Waals surface area contributed by atoms with Crippen LogP contribution in [0.25, 0.3) is 0 Å². The Labute approximate surface area is 136 Å². The second kappa shape index (κ2) is 8.73. The number of ether oxygens (including phenoxy) is 1. The van der Waals surface area contributed by atoms with Crippen molar-refractivity contribution in [1.29, 1.82) is 0 Å². The van der Waals surface area contributed by atoms with Crippen LogP contribution in [-0.2, 0) is 6.54 Å². The number of methoxy groups -OCH3 is 1. The maximum Gasteiger partial charge on any atom is 0.270 e. The Bertz CT molecular complexity index is 646. The molecule has 0 unspecified atom stereocenters. The molecule has 0 bridgehead atoms. The molecule has 0 atom stereocenters. The first-order valence-corrected chi connectivity index (χ1v) is 7.71. The predicted molar refractivity (Wildman–Crippen MR) is 89.6 cm³/mol. The molecule has 0 aliphatic heterocycles. The second-order valence-corrected chi connectivity index (χ2v) is 5.04. The van der Waals surface area contributed by atoms with Crippen molar-refractivity contribution in [3.05, 3.63) is 47.8 Å². The first-order valence-electron chi connectivity index (χ1n) is 7.71. The molecule has 23 heavy (non-hydrogen) atoms. The van der Waals surface area contributed by atoms with Gasteiger partial charge in [-0.3, -0.25) is 4.79 Å². The molecule has 0 saturated carbocycles. The molecule has 6 heteroatoms. The Kier molecular flexibility index (Phi) is 6.35. The van der Waals surface area contributed by atoms with E-state index in [0.29, 0.717) is 24.7 Å². The lowest BCUT2D eigenvalue weighted by Crippen LogP contribution is -2.25. The maximum absolute atomic E-state index is 12.0. The third-order valence-corrected chi connectivity index (χ3v) is 3.33. The van der Waals surface area contributed by atoms with E-state index >= 15 is 0 Å². The SMILES string of the molecule is CCCCNC(=O)c1ccnc(NCc2ccccc2OC)n1. The summed E-state index contributed by atoms with van der Waals surface area (Å²) in [6, 6.07) is 9.33. The fourth-order valence-corrected chi connectivity index (χ4v) is 2.06. The molecule has 0 spiro atoms. The van der Waals surface area contributed by atoms with E-state index < -0.39 is 0 Å². The molecule has 1 amide bonds. The number of unbranched alkanes of at least 4 members (excludes halogenated alkanes) is 1. The van der Waals surface area contributed by atoms with E-state index in [1.54, 1.807) is 19.4 Å². The molecule has 0 aliphatic rings. The number of anilines is 1. The van der Waals surface area contributed by atoms with Crippen molar-refractivity contribution in [2.24, 2.45) is 0 Å². The highest BCUT2D eigenvalue weighted by Crippen LogP contribution is 2.18. The summed E-state index contributed by atoms with van der Waals surface area (Å²) in [7, 11) is 1.64. The smallest absolute Gasteiger partial charge is 0.270 e. The van der Waals surface area contributed by atoms with Gasteiger partial charge in [-0.2, -0.15) is 0 Å². The zero-order valence-corrected chi connectivity index (χ0v) is 13.5. The van der Waals surface area contributed by atoms with Crippen molar-refractivity contribution in [2.75, 3.05) is 19.0 Å². The van der Waals surface area contributed by atoms with Gasteiger partial charge in [-0.05, 0) is 18.6 Å². The third kappa shape index (κ3) is 4.95. The number of amides is 1. The van der Waals surface area contributed by atoms with Gasteiger partial charge in [0.15, 0.2) is 0 Å². The van der Waals surface area contributed by atoms with Crippen molar-refractivity contribution >= 4 is 11.9 Å². The second-order valence-electron chi connectivity index (χ2n) is 5.04. The summed E-state index contributed by atoms with van der Waals surface area (Å²) in [4.78, 5) is 20.4. The van der Waals surface area contributed by atoms with E-state index in [0.717, 1.165) is 24.2 Å². The predicted octanol–water partition coefficient (Wildman–Crippen LogP) is 2.63. The molecule has 6 nitrogen and oxygen atoms in total. The van der Waals surface area contributed by atoms with Gasteiger partial charge >= 0.3 is 0 Å². The first-order chi connectivity index (χ1) is 11.2. The van der Waals surface area contributed by atoms with E-state index in [1.807, 2.05) is 24.3 Å². The summed E-state index contributed by atoms with van der Waals surface area (Å²) in [5.41, 5.74) is 1.36. The zero-order valence-electron chi connectivity index (χ0n) is 13.5. The van der Waals surface area contributed by atoms with Gasteiger partial charge in [0, 0.05) is 24.8 Å². The molecule has 0 aliphatic carbocycles. The zero-order chi connectivity index (χ0) is 16.5. The van der Waals surface area contributed by atoms with E-state index in [4.69, 9.17) is 4.74 Å². The summed E-state index contributed by atoms with van der Waals surface area (Å²) in [6.07, 6.45) is 3.57. The Morgan fingerprint density at radius 3 is 2.87 bits per heavy atom. The minimum Gasteiger partial charge on any atom is -0.496 e. The largest absolute Gasteiger partial charge is 0.496 e. The summed E-state index contributed by atoms with van der Waals surface area (Å²) in [5.74, 6) is 1.04. The molecule has 0 saturated heterocycles. The van der Waals surface area contributed by atoms with Gasteiger partial charge < -0.3 is 15.4 Å². The molecular weight excluding hydrogens is 292 g/mol. The molecule has 122 valence electrons. The Morgan fingerprint density at radius 2 is 2.09 bits per heavy atom. The molecule has 1 heterocycles. The molecule has 2 N–H and O–H groups in total. The van der Waals surface area contributed by atoms with Gasteiger partial charge in [-0.1, -0.05) is 31.5 Å². The van der Waals surface area contributed by atoms with Gasteiger partial charge in [-0.15, -0.1) is 0 Å². The van der Waals surface area contributed by atoms with E-state index in [2.05, 4.69) is 27.5 Å². The van der Waals surface area contributed by atoms with Gasteiger partial charge in [0.2, 0.25) is 5.95 Å². The highest BCUT2D eigenvalue weighted by molar-refractivity contribution is 5.92. The van der Waals surface area contributed by atoms with Crippen LogP contribution in [0.3, 0.4) is 0 Å². The molecular formula is C17H22N4O2. The lowest BCUT2D eigenvalue weighted by atomic mass is 10.2. The normalized spacial score (nSPS) is 10.2. The summed E-state index contributed by atoms with van der Waals surface area (Å²) in [6.45, 7) is 3.25. The highest BCUT2D eigenvalue weighted by Gasteiger charge is 2.08. The van der Waals surface area contributed by atoms with Gasteiger partial charge in [0.05, 0.1) is 7.11 Å². The van der Waals surface area contributed by atoms with Crippen LogP contribution in [0, 0.1) is 0 Å². The van der Waals surface area contributed by atoms with Crippen molar-refractivity contribution in [1.82, 2.24) is 15.3 Å². The van der Waals surface area contributed by atoms with Crippen LogP contribution in [0.5, 0.6) is 5.75 Å². The van der Waals surface area contributed by atoms with Crippen LogP contribution in [0.1, 0.15) is 35.8 Å². The van der Waals surface area contributed by atoms with Crippen molar-refractivity contribution < 1.29 is 9.53 Å². The monoisotopic (exact) mass is 314 g/mol. The van der Waals surface area contributed by atoms with Gasteiger partial charge in [-0.25, -0.2) is 9.97 Å². The van der Waals surface area contributed by atoms with E-state index in [1.165, 1.54) is 0 Å². The summed E-state index contributed by atoms with van der Waals surface area (Å²) < 4.78 is 5.31. The minimum absolute atomic E-state index is 0.179. The highest BCUT2D eigenvalue weighted by atomic mass is 16.5. The van der Waals surface area contributed by atoms with Crippen LogP contribution in [-0.4, -0.2) is 29.5 Å². The molecule has 2 rings (SSSR count). The number of para-hydroxylation sites is 1. The average molecular weight is 314 g/mol. The topological polar surface area (TPSA) is 76.1 Å². The van der Waals surface area contributed by atoms with Crippen molar-refractivity contribution in [2.45, 2.75) is 26.3 Å². The van der Waals surface area contributed by atoms with Crippen molar-refractivity contribution in [3.63, 3.8) is 0 Å².